The Labute approximate surface area is 101 Å². The standard InChI is InChI=1S/C9H7Cl2N3O2/c10-5-3-7-8(4-6(5)11)14(13-12-7)2-1-9(15)16/h3-4H,1-2H2,(H,15,16). The largest absolute Gasteiger partial charge is 0.481 e. The SMILES string of the molecule is O=C(O)CCn1nnc2cc(Cl)c(Cl)cc21. The summed E-state index contributed by atoms with van der Waals surface area (Å²) in [5, 5.41) is 17.1. The van der Waals surface area contributed by atoms with Gasteiger partial charge in [0, 0.05) is 0 Å². The summed E-state index contributed by atoms with van der Waals surface area (Å²) in [7, 11) is 0. The van der Waals surface area contributed by atoms with E-state index in [2.05, 4.69) is 10.3 Å². The van der Waals surface area contributed by atoms with Gasteiger partial charge in [0.15, 0.2) is 0 Å². The Balaban J connectivity index is 2.40. The second-order valence-corrected chi connectivity index (χ2v) is 4.03. The summed E-state index contributed by atoms with van der Waals surface area (Å²) in [6.45, 7) is 0.254. The molecule has 16 heavy (non-hydrogen) atoms. The number of benzene rings is 1. The number of carbonyl (C=O) groups is 1. The summed E-state index contributed by atoms with van der Waals surface area (Å²) < 4.78 is 1.49. The monoisotopic (exact) mass is 259 g/mol. The van der Waals surface area contributed by atoms with Gasteiger partial charge in [0.05, 0.1) is 28.5 Å². The average molecular weight is 260 g/mol. The van der Waals surface area contributed by atoms with Crippen molar-refractivity contribution in [3.8, 4) is 0 Å². The minimum atomic E-state index is -0.885. The molecule has 2 rings (SSSR count). The van der Waals surface area contributed by atoms with Gasteiger partial charge in [-0.15, -0.1) is 5.10 Å². The lowest BCUT2D eigenvalue weighted by Gasteiger charge is -2.00. The first-order valence-electron chi connectivity index (χ1n) is 4.48. The zero-order valence-corrected chi connectivity index (χ0v) is 9.53. The van der Waals surface area contributed by atoms with Crippen LogP contribution >= 0.6 is 23.2 Å². The molecule has 1 N–H and O–H groups in total. The predicted octanol–water partition coefficient (Wildman–Crippen LogP) is 2.21. The fourth-order valence-corrected chi connectivity index (χ4v) is 1.65. The van der Waals surface area contributed by atoms with E-state index < -0.39 is 5.97 Å². The number of fused-ring (bicyclic) bond motifs is 1. The Kier molecular flexibility index (Phi) is 2.98. The van der Waals surface area contributed by atoms with Gasteiger partial charge in [0.25, 0.3) is 0 Å². The molecule has 0 atom stereocenters. The van der Waals surface area contributed by atoms with Crippen LogP contribution in [0.5, 0.6) is 0 Å². The maximum Gasteiger partial charge on any atom is 0.305 e. The second kappa shape index (κ2) is 4.27. The van der Waals surface area contributed by atoms with Crippen LogP contribution in [-0.2, 0) is 11.3 Å². The molecule has 1 aromatic carbocycles. The molecule has 0 aliphatic heterocycles. The molecular weight excluding hydrogens is 253 g/mol. The van der Waals surface area contributed by atoms with Gasteiger partial charge in [0.2, 0.25) is 0 Å². The molecule has 0 fully saturated rings. The van der Waals surface area contributed by atoms with Crippen molar-refractivity contribution < 1.29 is 9.90 Å². The van der Waals surface area contributed by atoms with Crippen LogP contribution < -0.4 is 0 Å². The van der Waals surface area contributed by atoms with Gasteiger partial charge in [-0.3, -0.25) is 4.79 Å². The molecule has 0 unspecified atom stereocenters. The molecule has 7 heteroatoms. The van der Waals surface area contributed by atoms with E-state index >= 15 is 0 Å². The smallest absolute Gasteiger partial charge is 0.305 e. The molecule has 0 saturated carbocycles. The molecule has 0 saturated heterocycles. The summed E-state index contributed by atoms with van der Waals surface area (Å²) in [5.74, 6) is -0.885. The average Bonchev–Trinajstić information content (AvgIpc) is 2.58. The van der Waals surface area contributed by atoms with Crippen molar-refractivity contribution in [3.05, 3.63) is 22.2 Å². The van der Waals surface area contributed by atoms with E-state index in [1.54, 1.807) is 12.1 Å². The lowest BCUT2D eigenvalue weighted by Crippen LogP contribution is -2.05. The summed E-state index contributed by atoms with van der Waals surface area (Å²) >= 11 is 11.7. The molecule has 1 heterocycles. The van der Waals surface area contributed by atoms with E-state index in [0.29, 0.717) is 21.1 Å². The van der Waals surface area contributed by atoms with Gasteiger partial charge in [-0.05, 0) is 12.1 Å². The third-order valence-corrected chi connectivity index (χ3v) is 2.82. The molecule has 0 radical (unpaired) electrons. The van der Waals surface area contributed by atoms with E-state index in [4.69, 9.17) is 28.3 Å². The minimum absolute atomic E-state index is 0.0152. The molecule has 1 aromatic heterocycles. The van der Waals surface area contributed by atoms with Crippen LogP contribution in [0.3, 0.4) is 0 Å². The Morgan fingerprint density at radius 3 is 2.75 bits per heavy atom. The first-order valence-corrected chi connectivity index (χ1v) is 5.23. The molecule has 0 spiro atoms. The van der Waals surface area contributed by atoms with Crippen molar-refractivity contribution in [3.63, 3.8) is 0 Å². The number of aliphatic carboxylic acids is 1. The van der Waals surface area contributed by atoms with Crippen LogP contribution in [0.2, 0.25) is 10.0 Å². The first kappa shape index (κ1) is 11.2. The zero-order valence-electron chi connectivity index (χ0n) is 8.02. The molecule has 0 aliphatic rings. The number of aryl methyl sites for hydroxylation is 1. The fourth-order valence-electron chi connectivity index (χ4n) is 1.33. The predicted molar refractivity (Wildman–Crippen MR) is 59.8 cm³/mol. The normalized spacial score (nSPS) is 10.9. The van der Waals surface area contributed by atoms with Gasteiger partial charge in [-0.1, -0.05) is 28.4 Å². The Morgan fingerprint density at radius 2 is 2.06 bits per heavy atom. The third-order valence-electron chi connectivity index (χ3n) is 2.09. The van der Waals surface area contributed by atoms with Crippen molar-refractivity contribution in [2.24, 2.45) is 0 Å². The lowest BCUT2D eigenvalue weighted by molar-refractivity contribution is -0.137. The highest BCUT2D eigenvalue weighted by molar-refractivity contribution is 6.42. The molecule has 0 bridgehead atoms. The van der Waals surface area contributed by atoms with Gasteiger partial charge < -0.3 is 5.11 Å². The number of rotatable bonds is 3. The molecule has 2 aromatic rings. The van der Waals surface area contributed by atoms with Crippen molar-refractivity contribution >= 4 is 40.2 Å². The van der Waals surface area contributed by atoms with Gasteiger partial charge in [0.1, 0.15) is 5.52 Å². The second-order valence-electron chi connectivity index (χ2n) is 3.21. The van der Waals surface area contributed by atoms with Crippen LogP contribution in [0, 0.1) is 0 Å². The van der Waals surface area contributed by atoms with Crippen LogP contribution in [0.4, 0.5) is 0 Å². The zero-order chi connectivity index (χ0) is 11.7. The van der Waals surface area contributed by atoms with E-state index in [1.807, 2.05) is 0 Å². The maximum atomic E-state index is 10.4. The summed E-state index contributed by atoms with van der Waals surface area (Å²) in [6.07, 6.45) is -0.0152. The molecular formula is C9H7Cl2N3O2. The highest BCUT2D eigenvalue weighted by atomic mass is 35.5. The third kappa shape index (κ3) is 2.10. The van der Waals surface area contributed by atoms with Crippen LogP contribution in [0.25, 0.3) is 11.0 Å². The van der Waals surface area contributed by atoms with Crippen molar-refractivity contribution in [2.75, 3.05) is 0 Å². The number of carboxylic acid groups (broad SMARTS) is 1. The highest BCUT2D eigenvalue weighted by Gasteiger charge is 2.09. The van der Waals surface area contributed by atoms with Crippen molar-refractivity contribution in [1.29, 1.82) is 0 Å². The van der Waals surface area contributed by atoms with E-state index in [1.165, 1.54) is 4.68 Å². The van der Waals surface area contributed by atoms with Crippen LogP contribution in [-0.4, -0.2) is 26.1 Å². The topological polar surface area (TPSA) is 68.0 Å². The number of nitrogens with zero attached hydrogens (tertiary/aromatic N) is 3. The number of aromatic nitrogens is 3. The fraction of sp³-hybridized carbons (Fsp3) is 0.222. The number of carboxylic acids is 1. The van der Waals surface area contributed by atoms with E-state index in [0.717, 1.165) is 0 Å². The summed E-state index contributed by atoms with van der Waals surface area (Å²) in [6, 6.07) is 3.23. The van der Waals surface area contributed by atoms with Crippen LogP contribution in [0.1, 0.15) is 6.42 Å². The van der Waals surface area contributed by atoms with Gasteiger partial charge in [-0.25, -0.2) is 4.68 Å². The minimum Gasteiger partial charge on any atom is -0.481 e. The Bertz CT molecular complexity index is 553. The maximum absolute atomic E-state index is 10.4. The molecule has 5 nitrogen and oxygen atoms in total. The molecule has 84 valence electrons. The highest BCUT2D eigenvalue weighted by Crippen LogP contribution is 2.26. The van der Waals surface area contributed by atoms with Gasteiger partial charge in [-0.2, -0.15) is 0 Å². The molecule has 0 aliphatic carbocycles. The van der Waals surface area contributed by atoms with E-state index in [9.17, 15) is 4.79 Å². The number of hydrogen-bond acceptors (Lipinski definition) is 3. The Hall–Kier alpha value is -1.33. The van der Waals surface area contributed by atoms with Crippen LogP contribution in [0.15, 0.2) is 12.1 Å². The summed E-state index contributed by atoms with van der Waals surface area (Å²) in [4.78, 5) is 10.4. The van der Waals surface area contributed by atoms with Crippen molar-refractivity contribution in [2.45, 2.75) is 13.0 Å². The van der Waals surface area contributed by atoms with Gasteiger partial charge >= 0.3 is 5.97 Å². The molecule has 0 amide bonds. The number of hydrogen-bond donors (Lipinski definition) is 1. The Morgan fingerprint density at radius 1 is 1.38 bits per heavy atom. The lowest BCUT2D eigenvalue weighted by atomic mass is 10.3. The summed E-state index contributed by atoms with van der Waals surface area (Å²) in [5.41, 5.74) is 1.27. The van der Waals surface area contributed by atoms with E-state index in [-0.39, 0.29) is 13.0 Å². The first-order chi connectivity index (χ1) is 7.58. The quantitative estimate of drug-likeness (QED) is 0.918. The van der Waals surface area contributed by atoms with Crippen molar-refractivity contribution in [1.82, 2.24) is 15.0 Å². The number of halogens is 2.